The van der Waals surface area contributed by atoms with Crippen LogP contribution < -0.4 is 5.73 Å². The van der Waals surface area contributed by atoms with Crippen LogP contribution in [0.5, 0.6) is 0 Å². The van der Waals surface area contributed by atoms with Crippen LogP contribution in [0.3, 0.4) is 0 Å². The van der Waals surface area contributed by atoms with Gasteiger partial charge in [-0.05, 0) is 37.1 Å². The van der Waals surface area contributed by atoms with Crippen LogP contribution >= 0.6 is 11.6 Å². The molecule has 84 valence electrons. The van der Waals surface area contributed by atoms with E-state index < -0.39 is 0 Å². The van der Waals surface area contributed by atoms with E-state index in [-0.39, 0.29) is 0 Å². The number of rotatable bonds is 2. The smallest absolute Gasteiger partial charge is 0.149 e. The summed E-state index contributed by atoms with van der Waals surface area (Å²) in [5, 5.41) is 7.72. The number of aryl methyl sites for hydroxylation is 1. The van der Waals surface area contributed by atoms with Crippen LogP contribution in [0, 0.1) is 6.92 Å². The number of anilines is 1. The zero-order valence-electron chi connectivity index (χ0n) is 9.34. The van der Waals surface area contributed by atoms with Crippen molar-refractivity contribution in [3.05, 3.63) is 34.3 Å². The predicted molar refractivity (Wildman–Crippen MR) is 67.6 cm³/mol. The fourth-order valence-electron chi connectivity index (χ4n) is 1.86. The highest BCUT2D eigenvalue weighted by molar-refractivity contribution is 6.30. The van der Waals surface area contributed by atoms with Crippen molar-refractivity contribution in [2.45, 2.75) is 20.3 Å². The van der Waals surface area contributed by atoms with Crippen LogP contribution in [0.15, 0.2) is 18.2 Å². The topological polar surface area (TPSA) is 54.7 Å². The molecule has 0 amide bonds. The van der Waals surface area contributed by atoms with Crippen LogP contribution in [-0.4, -0.2) is 10.2 Å². The van der Waals surface area contributed by atoms with Crippen LogP contribution in [0.25, 0.3) is 11.3 Å². The molecule has 4 heteroatoms. The molecule has 0 fully saturated rings. The number of nitrogens with one attached hydrogen (secondary N) is 1. The molecule has 0 saturated heterocycles. The molecule has 16 heavy (non-hydrogen) atoms. The van der Waals surface area contributed by atoms with Crippen molar-refractivity contribution in [3.63, 3.8) is 0 Å². The Kier molecular flexibility index (Phi) is 2.88. The third-order valence-corrected chi connectivity index (χ3v) is 2.80. The number of nitrogens with zero attached hydrogens (tertiary/aromatic N) is 1. The van der Waals surface area contributed by atoms with Gasteiger partial charge in [-0.25, -0.2) is 0 Å². The molecular formula is C12H14ClN3. The molecule has 1 heterocycles. The number of hydrogen-bond acceptors (Lipinski definition) is 2. The van der Waals surface area contributed by atoms with E-state index in [1.54, 1.807) is 0 Å². The van der Waals surface area contributed by atoms with E-state index in [0.717, 1.165) is 33.8 Å². The van der Waals surface area contributed by atoms with Crippen LogP contribution in [0.4, 0.5) is 5.82 Å². The molecule has 2 rings (SSSR count). The molecule has 3 nitrogen and oxygen atoms in total. The van der Waals surface area contributed by atoms with Gasteiger partial charge in [0.1, 0.15) is 5.82 Å². The standard InChI is InChI=1S/C12H14ClN3/c1-3-10-11(15-16-12(10)14)8-4-7(2)5-9(13)6-8/h4-6H,3H2,1-2H3,(H3,14,15,16). The number of aromatic amines is 1. The third-order valence-electron chi connectivity index (χ3n) is 2.58. The lowest BCUT2D eigenvalue weighted by atomic mass is 10.0. The van der Waals surface area contributed by atoms with Crippen LogP contribution in [0.1, 0.15) is 18.1 Å². The lowest BCUT2D eigenvalue weighted by molar-refractivity contribution is 1.10. The Morgan fingerprint density at radius 2 is 2.12 bits per heavy atom. The van der Waals surface area contributed by atoms with Gasteiger partial charge in [0.25, 0.3) is 0 Å². The summed E-state index contributed by atoms with van der Waals surface area (Å²) < 4.78 is 0. The first-order valence-electron chi connectivity index (χ1n) is 5.22. The first kappa shape index (κ1) is 11.0. The quantitative estimate of drug-likeness (QED) is 0.840. The normalized spacial score (nSPS) is 10.7. The second-order valence-electron chi connectivity index (χ2n) is 3.83. The van der Waals surface area contributed by atoms with Gasteiger partial charge in [0, 0.05) is 16.1 Å². The predicted octanol–water partition coefficient (Wildman–Crippen LogP) is 3.18. The molecule has 0 atom stereocenters. The second-order valence-corrected chi connectivity index (χ2v) is 4.27. The number of hydrogen-bond donors (Lipinski definition) is 2. The minimum absolute atomic E-state index is 0.565. The highest BCUT2D eigenvalue weighted by Crippen LogP contribution is 2.28. The van der Waals surface area contributed by atoms with Gasteiger partial charge in [0.2, 0.25) is 0 Å². The average molecular weight is 236 g/mol. The molecule has 0 spiro atoms. The maximum absolute atomic E-state index is 6.04. The SMILES string of the molecule is CCc1c(N)n[nH]c1-c1cc(C)cc(Cl)c1. The first-order valence-corrected chi connectivity index (χ1v) is 5.60. The number of benzene rings is 1. The number of aromatic nitrogens is 2. The van der Waals surface area contributed by atoms with Crippen molar-refractivity contribution < 1.29 is 0 Å². The Morgan fingerprint density at radius 3 is 2.75 bits per heavy atom. The molecule has 0 saturated carbocycles. The van der Waals surface area contributed by atoms with Gasteiger partial charge in [-0.15, -0.1) is 0 Å². The lowest BCUT2D eigenvalue weighted by Gasteiger charge is -2.04. The van der Waals surface area contributed by atoms with E-state index in [9.17, 15) is 0 Å². The molecule has 1 aromatic heterocycles. The van der Waals surface area contributed by atoms with Crippen molar-refractivity contribution in [2.24, 2.45) is 0 Å². The van der Waals surface area contributed by atoms with Gasteiger partial charge in [-0.2, -0.15) is 5.10 Å². The highest BCUT2D eigenvalue weighted by atomic mass is 35.5. The van der Waals surface area contributed by atoms with Crippen molar-refractivity contribution in [3.8, 4) is 11.3 Å². The largest absolute Gasteiger partial charge is 0.382 e. The van der Waals surface area contributed by atoms with E-state index in [2.05, 4.69) is 23.2 Å². The van der Waals surface area contributed by atoms with Crippen molar-refractivity contribution >= 4 is 17.4 Å². The minimum atomic E-state index is 0.565. The number of halogens is 1. The minimum Gasteiger partial charge on any atom is -0.382 e. The summed E-state index contributed by atoms with van der Waals surface area (Å²) in [5.74, 6) is 0.565. The Hall–Kier alpha value is -1.48. The van der Waals surface area contributed by atoms with Crippen molar-refractivity contribution in [1.82, 2.24) is 10.2 Å². The Bertz CT molecular complexity index is 497. The molecule has 2 aromatic rings. The van der Waals surface area contributed by atoms with Crippen LogP contribution in [0.2, 0.25) is 5.02 Å². The Balaban J connectivity index is 2.58. The van der Waals surface area contributed by atoms with E-state index in [0.29, 0.717) is 5.82 Å². The zero-order chi connectivity index (χ0) is 11.7. The van der Waals surface area contributed by atoms with Gasteiger partial charge in [-0.1, -0.05) is 18.5 Å². The monoisotopic (exact) mass is 235 g/mol. The van der Waals surface area contributed by atoms with E-state index in [1.807, 2.05) is 19.1 Å². The number of nitrogen functional groups attached to an aromatic ring is 1. The molecule has 0 unspecified atom stereocenters. The molecule has 0 bridgehead atoms. The zero-order valence-corrected chi connectivity index (χ0v) is 10.1. The van der Waals surface area contributed by atoms with Gasteiger partial charge in [0.15, 0.2) is 0 Å². The summed E-state index contributed by atoms with van der Waals surface area (Å²) in [4.78, 5) is 0. The summed E-state index contributed by atoms with van der Waals surface area (Å²) in [6.45, 7) is 4.07. The third kappa shape index (κ3) is 1.91. The fraction of sp³-hybridized carbons (Fsp3) is 0.250. The molecule has 0 aliphatic carbocycles. The maximum atomic E-state index is 6.04. The second kappa shape index (κ2) is 4.18. The van der Waals surface area contributed by atoms with Crippen LogP contribution in [-0.2, 0) is 6.42 Å². The summed E-state index contributed by atoms with van der Waals surface area (Å²) in [6.07, 6.45) is 0.850. The van der Waals surface area contributed by atoms with Gasteiger partial charge < -0.3 is 5.73 Å². The van der Waals surface area contributed by atoms with Crippen molar-refractivity contribution in [2.75, 3.05) is 5.73 Å². The molecule has 0 aliphatic heterocycles. The van der Waals surface area contributed by atoms with E-state index >= 15 is 0 Å². The summed E-state index contributed by atoms with van der Waals surface area (Å²) in [7, 11) is 0. The number of nitrogens with two attached hydrogens (primary N) is 1. The van der Waals surface area contributed by atoms with E-state index in [1.165, 1.54) is 0 Å². The van der Waals surface area contributed by atoms with Crippen molar-refractivity contribution in [1.29, 1.82) is 0 Å². The molecule has 3 N–H and O–H groups in total. The van der Waals surface area contributed by atoms with Gasteiger partial charge >= 0.3 is 0 Å². The Morgan fingerprint density at radius 1 is 1.38 bits per heavy atom. The summed E-state index contributed by atoms with van der Waals surface area (Å²) >= 11 is 6.04. The molecular weight excluding hydrogens is 222 g/mol. The lowest BCUT2D eigenvalue weighted by Crippen LogP contribution is -1.91. The van der Waals surface area contributed by atoms with E-state index in [4.69, 9.17) is 17.3 Å². The maximum Gasteiger partial charge on any atom is 0.149 e. The summed E-state index contributed by atoms with van der Waals surface area (Å²) in [5.41, 5.74) is 9.95. The average Bonchev–Trinajstić information content (AvgIpc) is 2.58. The van der Waals surface area contributed by atoms with Gasteiger partial charge in [0.05, 0.1) is 5.69 Å². The highest BCUT2D eigenvalue weighted by Gasteiger charge is 2.11. The fourth-order valence-corrected chi connectivity index (χ4v) is 2.15. The van der Waals surface area contributed by atoms with Gasteiger partial charge in [-0.3, -0.25) is 5.10 Å². The molecule has 1 aromatic carbocycles. The summed E-state index contributed by atoms with van der Waals surface area (Å²) in [6, 6.07) is 5.91. The number of H-pyrrole nitrogens is 1. The molecule has 0 aliphatic rings. The molecule has 0 radical (unpaired) electrons. The first-order chi connectivity index (χ1) is 7.61. The Labute approximate surface area is 99.6 Å².